The first-order chi connectivity index (χ1) is 15.5. The van der Waals surface area contributed by atoms with Crippen molar-refractivity contribution < 1.29 is 23.9 Å². The molecule has 2 amide bonds. The molecular weight excluding hydrogens is 434 g/mol. The average molecular weight is 460 g/mol. The Morgan fingerprint density at radius 2 is 1.69 bits per heavy atom. The van der Waals surface area contributed by atoms with E-state index in [4.69, 9.17) is 21.1 Å². The molecule has 3 rings (SSSR count). The van der Waals surface area contributed by atoms with Gasteiger partial charge in [-0.15, -0.1) is 0 Å². The lowest BCUT2D eigenvalue weighted by atomic mass is 10.2. The van der Waals surface area contributed by atoms with Crippen molar-refractivity contribution in [1.82, 2.24) is 10.2 Å². The highest BCUT2D eigenvalue weighted by atomic mass is 35.5. The maximum absolute atomic E-state index is 12.0. The van der Waals surface area contributed by atoms with E-state index >= 15 is 0 Å². The molecule has 8 nitrogen and oxygen atoms in total. The van der Waals surface area contributed by atoms with E-state index in [0.717, 1.165) is 38.4 Å². The van der Waals surface area contributed by atoms with Gasteiger partial charge in [-0.2, -0.15) is 0 Å². The summed E-state index contributed by atoms with van der Waals surface area (Å²) in [6, 6.07) is 14.0. The lowest BCUT2D eigenvalue weighted by molar-refractivity contribution is -0.147. The molecule has 2 aromatic carbocycles. The summed E-state index contributed by atoms with van der Waals surface area (Å²) in [6.45, 7) is 3.88. The minimum absolute atomic E-state index is 0.0388. The fourth-order valence-electron chi connectivity index (χ4n) is 3.11. The Bertz CT molecular complexity index is 912. The van der Waals surface area contributed by atoms with Gasteiger partial charge in [0.25, 0.3) is 11.8 Å². The molecule has 0 bridgehead atoms. The summed E-state index contributed by atoms with van der Waals surface area (Å²) in [6.07, 6.45) is -0.0388. The Hall–Kier alpha value is -2.94. The van der Waals surface area contributed by atoms with Gasteiger partial charge >= 0.3 is 5.97 Å². The van der Waals surface area contributed by atoms with Crippen LogP contribution in [-0.4, -0.2) is 62.1 Å². The number of hydrogen-bond acceptors (Lipinski definition) is 6. The van der Waals surface area contributed by atoms with Crippen molar-refractivity contribution in [1.29, 1.82) is 0 Å². The highest BCUT2D eigenvalue weighted by Gasteiger charge is 2.12. The Balaban J connectivity index is 1.32. The largest absolute Gasteiger partial charge is 0.456 e. The number of morpholine rings is 1. The van der Waals surface area contributed by atoms with Gasteiger partial charge in [0.1, 0.15) is 0 Å². The zero-order chi connectivity index (χ0) is 22.8. The van der Waals surface area contributed by atoms with Crippen LogP contribution in [-0.2, 0) is 25.6 Å². The molecular formula is C23H26ClN3O5. The zero-order valence-corrected chi connectivity index (χ0v) is 18.4. The molecule has 1 fully saturated rings. The number of amides is 2. The zero-order valence-electron chi connectivity index (χ0n) is 17.6. The summed E-state index contributed by atoms with van der Waals surface area (Å²) in [7, 11) is 0. The van der Waals surface area contributed by atoms with E-state index in [-0.39, 0.29) is 25.5 Å². The number of benzene rings is 2. The molecule has 0 aromatic heterocycles. The van der Waals surface area contributed by atoms with Crippen LogP contribution in [0.2, 0.25) is 5.02 Å². The van der Waals surface area contributed by atoms with Gasteiger partial charge in [-0.3, -0.25) is 19.3 Å². The van der Waals surface area contributed by atoms with Crippen molar-refractivity contribution in [2.75, 3.05) is 44.8 Å². The van der Waals surface area contributed by atoms with E-state index in [0.29, 0.717) is 16.3 Å². The van der Waals surface area contributed by atoms with Gasteiger partial charge in [0.2, 0.25) is 0 Å². The summed E-state index contributed by atoms with van der Waals surface area (Å²) >= 11 is 5.79. The van der Waals surface area contributed by atoms with Gasteiger partial charge in [-0.25, -0.2) is 0 Å². The molecule has 0 saturated carbocycles. The number of nitrogens with one attached hydrogen (secondary N) is 2. The van der Waals surface area contributed by atoms with Crippen LogP contribution in [0, 0.1) is 0 Å². The maximum atomic E-state index is 12.0. The average Bonchev–Trinajstić information content (AvgIpc) is 2.80. The number of halogens is 1. The number of carbonyl (C=O) groups is 3. The second-order valence-electron chi connectivity index (χ2n) is 7.31. The standard InChI is InChI=1S/C23H26ClN3O5/c24-19-5-3-18(4-6-19)23(30)25-10-9-22(29)32-16-21(28)26-20-7-1-17(2-8-20)15-27-11-13-31-14-12-27/h1-8H,9-16H2,(H,25,30)(H,26,28). The number of esters is 1. The first-order valence-electron chi connectivity index (χ1n) is 10.4. The van der Waals surface area contributed by atoms with Crippen molar-refractivity contribution in [2.45, 2.75) is 13.0 Å². The third kappa shape index (κ3) is 7.96. The second kappa shape index (κ2) is 12.2. The van der Waals surface area contributed by atoms with E-state index in [1.54, 1.807) is 24.3 Å². The monoisotopic (exact) mass is 459 g/mol. The summed E-state index contributed by atoms with van der Waals surface area (Å²) in [4.78, 5) is 38.1. The SMILES string of the molecule is O=C(COC(=O)CCNC(=O)c1ccc(Cl)cc1)Nc1ccc(CN2CCOCC2)cc1. The van der Waals surface area contributed by atoms with Crippen LogP contribution < -0.4 is 10.6 Å². The van der Waals surface area contributed by atoms with Gasteiger partial charge in [0, 0.05) is 42.5 Å². The van der Waals surface area contributed by atoms with Crippen LogP contribution >= 0.6 is 11.6 Å². The number of ether oxygens (including phenoxy) is 2. The summed E-state index contributed by atoms with van der Waals surface area (Å²) in [5, 5.41) is 5.85. The minimum Gasteiger partial charge on any atom is -0.456 e. The maximum Gasteiger partial charge on any atom is 0.308 e. The Kier molecular flexibility index (Phi) is 9.03. The Labute approximate surface area is 191 Å². The third-order valence-electron chi connectivity index (χ3n) is 4.83. The van der Waals surface area contributed by atoms with Crippen LogP contribution in [0.1, 0.15) is 22.3 Å². The van der Waals surface area contributed by atoms with E-state index in [1.807, 2.05) is 24.3 Å². The third-order valence-corrected chi connectivity index (χ3v) is 5.08. The number of hydrogen-bond donors (Lipinski definition) is 2. The van der Waals surface area contributed by atoms with Gasteiger partial charge in [-0.1, -0.05) is 23.7 Å². The molecule has 0 aliphatic carbocycles. The van der Waals surface area contributed by atoms with E-state index in [1.165, 1.54) is 0 Å². The van der Waals surface area contributed by atoms with Gasteiger partial charge in [0.15, 0.2) is 6.61 Å². The van der Waals surface area contributed by atoms with Gasteiger partial charge in [-0.05, 0) is 42.0 Å². The number of nitrogens with zero attached hydrogens (tertiary/aromatic N) is 1. The molecule has 1 heterocycles. The Morgan fingerprint density at radius 1 is 1.00 bits per heavy atom. The van der Waals surface area contributed by atoms with Crippen molar-refractivity contribution in [2.24, 2.45) is 0 Å². The topological polar surface area (TPSA) is 97.0 Å². The van der Waals surface area contributed by atoms with E-state index in [2.05, 4.69) is 15.5 Å². The molecule has 2 N–H and O–H groups in total. The molecule has 9 heteroatoms. The Morgan fingerprint density at radius 3 is 2.38 bits per heavy atom. The smallest absolute Gasteiger partial charge is 0.308 e. The normalized spacial score (nSPS) is 13.9. The van der Waals surface area contributed by atoms with Crippen LogP contribution in [0.4, 0.5) is 5.69 Å². The summed E-state index contributed by atoms with van der Waals surface area (Å²) in [5.74, 6) is -1.31. The van der Waals surface area contributed by atoms with Gasteiger partial charge < -0.3 is 20.1 Å². The fraction of sp³-hybridized carbons (Fsp3) is 0.348. The molecule has 170 valence electrons. The van der Waals surface area contributed by atoms with Crippen LogP contribution in [0.5, 0.6) is 0 Å². The molecule has 2 aromatic rings. The highest BCUT2D eigenvalue weighted by molar-refractivity contribution is 6.30. The van der Waals surface area contributed by atoms with Crippen LogP contribution in [0.15, 0.2) is 48.5 Å². The quantitative estimate of drug-likeness (QED) is 0.559. The molecule has 0 spiro atoms. The van der Waals surface area contributed by atoms with Crippen LogP contribution in [0.25, 0.3) is 0 Å². The van der Waals surface area contributed by atoms with Crippen molar-refractivity contribution >= 4 is 35.1 Å². The second-order valence-corrected chi connectivity index (χ2v) is 7.74. The van der Waals surface area contributed by atoms with Crippen molar-refractivity contribution in [3.8, 4) is 0 Å². The predicted octanol–water partition coefficient (Wildman–Crippen LogP) is 2.47. The van der Waals surface area contributed by atoms with Crippen molar-refractivity contribution in [3.05, 3.63) is 64.7 Å². The summed E-state index contributed by atoms with van der Waals surface area (Å²) in [5.41, 5.74) is 2.22. The molecule has 1 aliphatic heterocycles. The van der Waals surface area contributed by atoms with Crippen molar-refractivity contribution in [3.63, 3.8) is 0 Å². The number of carbonyl (C=O) groups excluding carboxylic acids is 3. The molecule has 1 saturated heterocycles. The van der Waals surface area contributed by atoms with Gasteiger partial charge in [0.05, 0.1) is 19.6 Å². The molecule has 0 unspecified atom stereocenters. The first-order valence-corrected chi connectivity index (χ1v) is 10.8. The number of rotatable bonds is 9. The predicted molar refractivity (Wildman–Crippen MR) is 121 cm³/mol. The molecule has 0 radical (unpaired) electrons. The number of anilines is 1. The fourth-order valence-corrected chi connectivity index (χ4v) is 3.23. The highest BCUT2D eigenvalue weighted by Crippen LogP contribution is 2.13. The van der Waals surface area contributed by atoms with E-state index < -0.39 is 11.9 Å². The van der Waals surface area contributed by atoms with E-state index in [9.17, 15) is 14.4 Å². The van der Waals surface area contributed by atoms with Crippen LogP contribution in [0.3, 0.4) is 0 Å². The minimum atomic E-state index is -0.572. The molecule has 32 heavy (non-hydrogen) atoms. The molecule has 0 atom stereocenters. The lowest BCUT2D eigenvalue weighted by Gasteiger charge is -2.26. The lowest BCUT2D eigenvalue weighted by Crippen LogP contribution is -2.35. The first kappa shape index (κ1) is 23.7. The molecule has 1 aliphatic rings. The summed E-state index contributed by atoms with van der Waals surface area (Å²) < 4.78 is 10.3.